The Hall–Kier alpha value is -2.67. The molecule has 0 amide bonds. The highest BCUT2D eigenvalue weighted by Crippen LogP contribution is 2.40. The number of halogens is 1. The van der Waals surface area contributed by atoms with Crippen molar-refractivity contribution >= 4 is 17.9 Å². The molecule has 1 heterocycles. The smallest absolute Gasteiger partial charge is 0.307 e. The third-order valence-corrected chi connectivity index (χ3v) is 7.08. The van der Waals surface area contributed by atoms with E-state index >= 15 is 0 Å². The molecule has 6 heteroatoms. The minimum absolute atomic E-state index is 0.0188. The molecule has 0 unspecified atom stereocenters. The Morgan fingerprint density at radius 3 is 2.25 bits per heavy atom. The largest absolute Gasteiger partial charge is 0.481 e. The summed E-state index contributed by atoms with van der Waals surface area (Å²) in [7, 11) is 0. The molecule has 2 N–H and O–H groups in total. The minimum Gasteiger partial charge on any atom is -0.481 e. The van der Waals surface area contributed by atoms with Crippen molar-refractivity contribution in [3.8, 4) is 11.1 Å². The predicted molar refractivity (Wildman–Crippen MR) is 146 cm³/mol. The van der Waals surface area contributed by atoms with E-state index in [1.165, 1.54) is 22.8 Å². The van der Waals surface area contributed by atoms with Crippen molar-refractivity contribution in [3.05, 3.63) is 87.7 Å². The van der Waals surface area contributed by atoms with Gasteiger partial charge in [0.15, 0.2) is 0 Å². The average Bonchev–Trinajstić information content (AvgIpc) is 2.77. The van der Waals surface area contributed by atoms with Crippen molar-refractivity contribution in [2.45, 2.75) is 71.4 Å². The van der Waals surface area contributed by atoms with Crippen molar-refractivity contribution in [3.63, 3.8) is 0 Å². The molecule has 0 atom stereocenters. The summed E-state index contributed by atoms with van der Waals surface area (Å²) in [5.41, 5.74) is 8.45. The second-order valence-electron chi connectivity index (χ2n) is 10.3. The normalized spacial score (nSPS) is 13.6. The number of aryl methyl sites for hydroxylation is 1. The molecule has 1 aliphatic rings. The summed E-state index contributed by atoms with van der Waals surface area (Å²) >= 11 is 1.57. The van der Waals surface area contributed by atoms with Gasteiger partial charge in [0.05, 0.1) is 12.0 Å². The van der Waals surface area contributed by atoms with Crippen LogP contribution in [0.4, 0.5) is 4.39 Å². The summed E-state index contributed by atoms with van der Waals surface area (Å²) in [6.45, 7) is 13.0. The Morgan fingerprint density at radius 2 is 1.67 bits per heavy atom. The summed E-state index contributed by atoms with van der Waals surface area (Å²) in [5.74, 6) is -1.04. The maximum Gasteiger partial charge on any atom is 0.307 e. The van der Waals surface area contributed by atoms with E-state index in [1.54, 1.807) is 44.9 Å². The molecule has 36 heavy (non-hydrogen) atoms. The van der Waals surface area contributed by atoms with E-state index in [2.05, 4.69) is 49.3 Å². The quantitative estimate of drug-likeness (QED) is 0.367. The second kappa shape index (κ2) is 11.6. The van der Waals surface area contributed by atoms with Gasteiger partial charge in [-0.05, 0) is 117 Å². The number of benzene rings is 3. The van der Waals surface area contributed by atoms with Gasteiger partial charge in [0.2, 0.25) is 0 Å². The van der Waals surface area contributed by atoms with Gasteiger partial charge in [0.1, 0.15) is 5.82 Å². The fraction of sp³-hybridized carbons (Fsp3) is 0.367. The Morgan fingerprint density at radius 1 is 1.03 bits per heavy atom. The van der Waals surface area contributed by atoms with Crippen LogP contribution in [0.2, 0.25) is 0 Å². The number of hydrogen-bond donors (Lipinski definition) is 2. The molecule has 1 aliphatic heterocycles. The van der Waals surface area contributed by atoms with Gasteiger partial charge in [-0.3, -0.25) is 4.79 Å². The van der Waals surface area contributed by atoms with E-state index in [-0.39, 0.29) is 12.2 Å². The molecule has 4 nitrogen and oxygen atoms in total. The van der Waals surface area contributed by atoms with Gasteiger partial charge < -0.3 is 10.2 Å². The molecule has 0 spiro atoms. The summed E-state index contributed by atoms with van der Waals surface area (Å²) in [4.78, 5) is 12.6. The highest BCUT2D eigenvalue weighted by atomic mass is 32.2. The lowest BCUT2D eigenvalue weighted by atomic mass is 9.81. The molecule has 0 aromatic heterocycles. The summed E-state index contributed by atoms with van der Waals surface area (Å²) in [5, 5.41) is 18.1. The van der Waals surface area contributed by atoms with Crippen molar-refractivity contribution in [1.29, 1.82) is 0 Å². The monoisotopic (exact) mass is 509 g/mol. The van der Waals surface area contributed by atoms with Crippen LogP contribution in [0.25, 0.3) is 11.1 Å². The first-order chi connectivity index (χ1) is 16.8. The van der Waals surface area contributed by atoms with Crippen LogP contribution in [0, 0.1) is 26.6 Å². The van der Waals surface area contributed by atoms with Crippen molar-refractivity contribution in [1.82, 2.24) is 4.31 Å². The average molecular weight is 510 g/mol. The number of aliphatic carboxylic acids is 1. The number of nitrogens with zero attached hydrogens (tertiary/aromatic N) is 1. The zero-order valence-electron chi connectivity index (χ0n) is 22.0. The zero-order valence-corrected chi connectivity index (χ0v) is 22.8. The summed E-state index contributed by atoms with van der Waals surface area (Å²) < 4.78 is 15.9. The molecule has 0 saturated carbocycles. The Balaban J connectivity index is 0.000000658. The first kappa shape index (κ1) is 27.9. The van der Waals surface area contributed by atoms with Gasteiger partial charge >= 0.3 is 5.97 Å². The van der Waals surface area contributed by atoms with Gasteiger partial charge in [-0.25, -0.2) is 8.70 Å². The number of hydrogen-bond acceptors (Lipinski definition) is 4. The van der Waals surface area contributed by atoms with Crippen LogP contribution in [0.5, 0.6) is 0 Å². The van der Waals surface area contributed by atoms with Crippen LogP contribution in [0.15, 0.2) is 53.4 Å². The number of rotatable bonds is 5. The fourth-order valence-corrected chi connectivity index (χ4v) is 5.46. The molecule has 3 aromatic rings. The minimum atomic E-state index is -0.810. The highest BCUT2D eigenvalue weighted by molar-refractivity contribution is 7.97. The molecule has 3 aromatic carbocycles. The van der Waals surface area contributed by atoms with Gasteiger partial charge in [0.25, 0.3) is 0 Å². The number of aliphatic hydroxyl groups is 1. The summed E-state index contributed by atoms with van der Waals surface area (Å²) in [6, 6.07) is 15.0. The van der Waals surface area contributed by atoms with Crippen LogP contribution in [0.3, 0.4) is 0 Å². The Bertz CT molecular complexity index is 1230. The first-order valence-electron chi connectivity index (χ1n) is 12.2. The lowest BCUT2D eigenvalue weighted by molar-refractivity contribution is -0.136. The molecule has 0 bridgehead atoms. The number of carbonyl (C=O) groups is 1. The van der Waals surface area contributed by atoms with Gasteiger partial charge in [-0.2, -0.15) is 0 Å². The maximum absolute atomic E-state index is 13.6. The van der Waals surface area contributed by atoms with E-state index in [9.17, 15) is 14.3 Å². The van der Waals surface area contributed by atoms with Crippen molar-refractivity contribution in [2.24, 2.45) is 0 Å². The molecule has 192 valence electrons. The van der Waals surface area contributed by atoms with E-state index < -0.39 is 11.6 Å². The van der Waals surface area contributed by atoms with Crippen molar-refractivity contribution in [2.75, 3.05) is 6.54 Å². The van der Waals surface area contributed by atoms with E-state index in [0.29, 0.717) is 0 Å². The van der Waals surface area contributed by atoms with Gasteiger partial charge in [-0.1, -0.05) is 35.9 Å². The van der Waals surface area contributed by atoms with Crippen LogP contribution >= 0.6 is 11.9 Å². The highest BCUT2D eigenvalue weighted by Gasteiger charge is 2.26. The van der Waals surface area contributed by atoms with Crippen molar-refractivity contribution < 1.29 is 19.4 Å². The predicted octanol–water partition coefficient (Wildman–Crippen LogP) is 6.89. The number of carboxylic acid groups (broad SMARTS) is 1. The lowest BCUT2D eigenvalue weighted by Gasteiger charge is -2.32. The maximum atomic E-state index is 13.6. The molecule has 0 aliphatic carbocycles. The fourth-order valence-electron chi connectivity index (χ4n) is 4.48. The molecular formula is C30H36FNO3S. The van der Waals surface area contributed by atoms with Crippen LogP contribution in [-0.4, -0.2) is 32.6 Å². The molecular weight excluding hydrogens is 473 g/mol. The molecule has 0 fully saturated rings. The van der Waals surface area contributed by atoms with Crippen LogP contribution in [0.1, 0.15) is 54.2 Å². The van der Waals surface area contributed by atoms with E-state index in [0.717, 1.165) is 52.2 Å². The topological polar surface area (TPSA) is 60.8 Å². The second-order valence-corrected chi connectivity index (χ2v) is 11.5. The third kappa shape index (κ3) is 7.42. The zero-order chi connectivity index (χ0) is 26.6. The SMILES string of the molecule is CC(C)(C)O.Cc1ccc(-c2c(C)c3c(c(C)c2CC(=O)O)CCN(Sc2cccc(F)c2)C3)cc1. The number of carboxylic acids is 1. The van der Waals surface area contributed by atoms with E-state index in [4.69, 9.17) is 5.11 Å². The lowest BCUT2D eigenvalue weighted by Crippen LogP contribution is -2.27. The van der Waals surface area contributed by atoms with Gasteiger partial charge in [0, 0.05) is 18.0 Å². The van der Waals surface area contributed by atoms with Gasteiger partial charge in [-0.15, -0.1) is 0 Å². The van der Waals surface area contributed by atoms with Crippen LogP contribution < -0.4 is 0 Å². The molecule has 0 radical (unpaired) electrons. The Kier molecular flexibility index (Phi) is 8.98. The van der Waals surface area contributed by atoms with Crippen LogP contribution in [-0.2, 0) is 24.2 Å². The third-order valence-electron chi connectivity index (χ3n) is 6.04. The first-order valence-corrected chi connectivity index (χ1v) is 12.9. The Labute approximate surface area is 218 Å². The van der Waals surface area contributed by atoms with E-state index in [1.807, 2.05) is 6.07 Å². The molecule has 4 rings (SSSR count). The summed E-state index contributed by atoms with van der Waals surface area (Å²) in [6.07, 6.45) is 0.871. The standard InChI is InChI=1S/C26H26FNO2S.C4H10O/c1-16-7-9-19(10-8-16)26-18(3)24-15-28(31-21-6-4-5-20(27)13-21)12-11-22(24)17(2)23(26)14-25(29)30;1-4(2,3)5/h4-10,13H,11-12,14-15H2,1-3H3,(H,29,30);5H,1-3H3. The molecule has 0 saturated heterocycles. The number of fused-ring (bicyclic) bond motifs is 1.